The third-order valence-electron chi connectivity index (χ3n) is 5.31. The number of fused-ring (bicyclic) bond motifs is 1. The molecule has 0 aliphatic heterocycles. The third kappa shape index (κ3) is 3.28. The fraction of sp³-hybridized carbons (Fsp3) is 0.250. The molecule has 0 saturated carbocycles. The Labute approximate surface area is 165 Å². The van der Waals surface area contributed by atoms with Crippen LogP contribution >= 0.6 is 11.5 Å². The number of hydrogen-bond acceptors (Lipinski definition) is 3. The van der Waals surface area contributed by atoms with Crippen LogP contribution in [0.2, 0.25) is 0 Å². The predicted molar refractivity (Wildman–Crippen MR) is 116 cm³/mol. The SMILES string of the molecule is CCc1cc(-c2nscc2-c2ccc3cccnc3c2)cc(CC)c1CC. The van der Waals surface area contributed by atoms with Crippen LogP contribution < -0.4 is 0 Å². The largest absolute Gasteiger partial charge is 0.256 e. The summed E-state index contributed by atoms with van der Waals surface area (Å²) in [5.74, 6) is 0. The lowest BCUT2D eigenvalue weighted by molar-refractivity contribution is 0.982. The van der Waals surface area contributed by atoms with E-state index in [4.69, 9.17) is 4.37 Å². The predicted octanol–water partition coefficient (Wildman–Crippen LogP) is 6.71. The van der Waals surface area contributed by atoms with Crippen LogP contribution in [-0.2, 0) is 19.3 Å². The van der Waals surface area contributed by atoms with Gasteiger partial charge in [-0.1, -0.05) is 39.0 Å². The Morgan fingerprint density at radius 1 is 0.852 bits per heavy atom. The second-order valence-electron chi connectivity index (χ2n) is 6.82. The van der Waals surface area contributed by atoms with Gasteiger partial charge in [0.15, 0.2) is 0 Å². The monoisotopic (exact) mass is 372 g/mol. The molecule has 0 unspecified atom stereocenters. The molecule has 0 amide bonds. The summed E-state index contributed by atoms with van der Waals surface area (Å²) in [5, 5.41) is 3.32. The molecule has 2 aromatic heterocycles. The van der Waals surface area contributed by atoms with Crippen molar-refractivity contribution in [2.24, 2.45) is 0 Å². The maximum Gasteiger partial charge on any atom is 0.0919 e. The Morgan fingerprint density at radius 3 is 2.33 bits per heavy atom. The quantitative estimate of drug-likeness (QED) is 0.389. The van der Waals surface area contributed by atoms with Crippen LogP contribution in [0.4, 0.5) is 0 Å². The van der Waals surface area contributed by atoms with Crippen molar-refractivity contribution in [3.05, 3.63) is 70.7 Å². The Bertz CT molecular complexity index is 1070. The summed E-state index contributed by atoms with van der Waals surface area (Å²) in [6, 6.07) is 15.3. The minimum Gasteiger partial charge on any atom is -0.256 e. The second kappa shape index (κ2) is 7.61. The zero-order valence-electron chi connectivity index (χ0n) is 16.1. The molecule has 0 saturated heterocycles. The minimum absolute atomic E-state index is 1.02. The third-order valence-corrected chi connectivity index (χ3v) is 5.94. The van der Waals surface area contributed by atoms with Gasteiger partial charge in [-0.15, -0.1) is 0 Å². The highest BCUT2D eigenvalue weighted by Gasteiger charge is 2.15. The molecule has 27 heavy (non-hydrogen) atoms. The number of nitrogens with zero attached hydrogens (tertiary/aromatic N) is 2. The number of hydrogen-bond donors (Lipinski definition) is 0. The highest BCUT2D eigenvalue weighted by atomic mass is 32.1. The van der Waals surface area contributed by atoms with Crippen LogP contribution in [0, 0.1) is 0 Å². The van der Waals surface area contributed by atoms with Crippen LogP contribution in [0.25, 0.3) is 33.3 Å². The lowest BCUT2D eigenvalue weighted by Gasteiger charge is -2.15. The molecule has 0 radical (unpaired) electrons. The molecule has 0 aliphatic rings. The summed E-state index contributed by atoms with van der Waals surface area (Å²) < 4.78 is 4.77. The van der Waals surface area contributed by atoms with Gasteiger partial charge in [0, 0.05) is 28.1 Å². The Hall–Kier alpha value is -2.52. The van der Waals surface area contributed by atoms with E-state index in [9.17, 15) is 0 Å². The van der Waals surface area contributed by atoms with E-state index in [1.807, 2.05) is 12.3 Å². The molecule has 4 rings (SSSR count). The van der Waals surface area contributed by atoms with E-state index in [2.05, 4.69) is 67.5 Å². The number of rotatable bonds is 5. The number of pyridine rings is 1. The van der Waals surface area contributed by atoms with Crippen molar-refractivity contribution in [1.82, 2.24) is 9.36 Å². The summed E-state index contributed by atoms with van der Waals surface area (Å²) in [7, 11) is 0. The molecule has 0 atom stereocenters. The van der Waals surface area contributed by atoms with Gasteiger partial charge in [-0.2, -0.15) is 4.37 Å². The average molecular weight is 373 g/mol. The first kappa shape index (κ1) is 17.9. The van der Waals surface area contributed by atoms with E-state index >= 15 is 0 Å². The van der Waals surface area contributed by atoms with Gasteiger partial charge in [0.2, 0.25) is 0 Å². The van der Waals surface area contributed by atoms with Gasteiger partial charge in [0.05, 0.1) is 11.2 Å². The van der Waals surface area contributed by atoms with Crippen LogP contribution in [0.15, 0.2) is 54.0 Å². The van der Waals surface area contributed by atoms with Gasteiger partial charge < -0.3 is 0 Å². The molecule has 3 heteroatoms. The van der Waals surface area contributed by atoms with Gasteiger partial charge in [-0.25, -0.2) is 0 Å². The van der Waals surface area contributed by atoms with Gasteiger partial charge in [-0.3, -0.25) is 4.98 Å². The summed E-state index contributed by atoms with van der Waals surface area (Å²) >= 11 is 1.53. The molecule has 2 aromatic carbocycles. The van der Waals surface area contributed by atoms with Crippen molar-refractivity contribution in [1.29, 1.82) is 0 Å². The average Bonchev–Trinajstić information content (AvgIpc) is 3.22. The van der Waals surface area contributed by atoms with Crippen LogP contribution in [0.3, 0.4) is 0 Å². The lowest BCUT2D eigenvalue weighted by Crippen LogP contribution is -1.99. The molecule has 2 heterocycles. The van der Waals surface area contributed by atoms with E-state index < -0.39 is 0 Å². The van der Waals surface area contributed by atoms with Crippen molar-refractivity contribution in [2.75, 3.05) is 0 Å². The fourth-order valence-electron chi connectivity index (χ4n) is 3.90. The van der Waals surface area contributed by atoms with Crippen molar-refractivity contribution in [3.8, 4) is 22.4 Å². The fourth-order valence-corrected chi connectivity index (χ4v) is 4.62. The number of aromatic nitrogens is 2. The summed E-state index contributed by atoms with van der Waals surface area (Å²) in [4.78, 5) is 4.51. The first-order valence-corrected chi connectivity index (χ1v) is 10.5. The zero-order valence-corrected chi connectivity index (χ0v) is 16.9. The van der Waals surface area contributed by atoms with Gasteiger partial charge in [0.25, 0.3) is 0 Å². The molecule has 4 aromatic rings. The van der Waals surface area contributed by atoms with E-state index in [1.54, 1.807) is 0 Å². The lowest BCUT2D eigenvalue weighted by atomic mass is 9.90. The first-order valence-electron chi connectivity index (χ1n) is 9.69. The standard InChI is InChI=1S/C24H24N2S/c1-4-16-12-20(13-17(5-2)21(16)6-3)24-22(15-27-26-24)19-10-9-18-8-7-11-25-23(18)14-19/h7-15H,4-6H2,1-3H3. The highest BCUT2D eigenvalue weighted by Crippen LogP contribution is 2.36. The molecule has 0 fully saturated rings. The molecule has 0 aliphatic carbocycles. The van der Waals surface area contributed by atoms with E-state index in [-0.39, 0.29) is 0 Å². The van der Waals surface area contributed by atoms with Gasteiger partial charge in [-0.05, 0) is 77.3 Å². The minimum atomic E-state index is 1.02. The van der Waals surface area contributed by atoms with Crippen molar-refractivity contribution >= 4 is 22.4 Å². The van der Waals surface area contributed by atoms with Crippen LogP contribution in [0.1, 0.15) is 37.5 Å². The maximum atomic E-state index is 4.77. The second-order valence-corrected chi connectivity index (χ2v) is 7.45. The first-order chi connectivity index (χ1) is 13.2. The van der Waals surface area contributed by atoms with Crippen LogP contribution in [0.5, 0.6) is 0 Å². The molecule has 0 N–H and O–H groups in total. The van der Waals surface area contributed by atoms with Crippen molar-refractivity contribution < 1.29 is 0 Å². The Kier molecular flexibility index (Phi) is 5.04. The normalized spacial score (nSPS) is 11.2. The molecule has 0 bridgehead atoms. The van der Waals surface area contributed by atoms with E-state index in [0.717, 1.165) is 30.5 Å². The van der Waals surface area contributed by atoms with Crippen LogP contribution in [-0.4, -0.2) is 9.36 Å². The smallest absolute Gasteiger partial charge is 0.0919 e. The number of benzene rings is 2. The summed E-state index contributed by atoms with van der Waals surface area (Å²) in [6.07, 6.45) is 5.06. The molecular formula is C24H24N2S. The summed E-state index contributed by atoms with van der Waals surface area (Å²) in [6.45, 7) is 6.74. The van der Waals surface area contributed by atoms with Crippen molar-refractivity contribution in [3.63, 3.8) is 0 Å². The van der Waals surface area contributed by atoms with E-state index in [0.29, 0.717) is 0 Å². The maximum absolute atomic E-state index is 4.77. The van der Waals surface area contributed by atoms with Crippen molar-refractivity contribution in [2.45, 2.75) is 40.0 Å². The van der Waals surface area contributed by atoms with E-state index in [1.165, 1.54) is 50.3 Å². The molecular weight excluding hydrogens is 348 g/mol. The van der Waals surface area contributed by atoms with Gasteiger partial charge in [0.1, 0.15) is 0 Å². The Morgan fingerprint density at radius 2 is 1.63 bits per heavy atom. The molecule has 136 valence electrons. The van der Waals surface area contributed by atoms with Gasteiger partial charge >= 0.3 is 0 Å². The highest BCUT2D eigenvalue weighted by molar-refractivity contribution is 7.04. The summed E-state index contributed by atoms with van der Waals surface area (Å²) in [5.41, 5.74) is 10.1. The molecule has 0 spiro atoms. The topological polar surface area (TPSA) is 25.8 Å². The zero-order chi connectivity index (χ0) is 18.8. The Balaban J connectivity index is 1.86. The number of aryl methyl sites for hydroxylation is 2. The molecule has 2 nitrogen and oxygen atoms in total.